The summed E-state index contributed by atoms with van der Waals surface area (Å²) < 4.78 is 3.15. The van der Waals surface area contributed by atoms with E-state index in [1.807, 2.05) is 0 Å². The van der Waals surface area contributed by atoms with Gasteiger partial charge in [-0.1, -0.05) is 0 Å². The summed E-state index contributed by atoms with van der Waals surface area (Å²) in [5.74, 6) is 0. The van der Waals surface area contributed by atoms with E-state index in [1.54, 1.807) is 0 Å². The zero-order valence-corrected chi connectivity index (χ0v) is 23.1. The normalized spacial score (nSPS) is 14.8. The molecule has 170 valence electrons. The van der Waals surface area contributed by atoms with E-state index >= 15 is 0 Å². The molecule has 2 aromatic carbocycles. The molecule has 1 heterocycles. The van der Waals surface area contributed by atoms with Crippen molar-refractivity contribution in [3.05, 3.63) is 69.3 Å². The molecule has 0 spiro atoms. The molecule has 0 aromatic heterocycles. The summed E-state index contributed by atoms with van der Waals surface area (Å²) in [6.45, 7) is 19.0. The molecule has 0 saturated carbocycles. The van der Waals surface area contributed by atoms with Crippen molar-refractivity contribution < 1.29 is 11.9 Å². The number of anilines is 2. The van der Waals surface area contributed by atoms with Gasteiger partial charge >= 0.3 is 199 Å². The van der Waals surface area contributed by atoms with Crippen molar-refractivity contribution in [2.45, 2.75) is 55.4 Å². The molecule has 0 bridgehead atoms. The van der Waals surface area contributed by atoms with Gasteiger partial charge in [0.25, 0.3) is 0 Å². The maximum absolute atomic E-state index is 7.26. The van der Waals surface area contributed by atoms with Gasteiger partial charge in [0.1, 0.15) is 0 Å². The number of hydrogen-bond donors (Lipinski definition) is 0. The van der Waals surface area contributed by atoms with Gasteiger partial charge in [-0.3, -0.25) is 0 Å². The zero-order chi connectivity index (χ0) is 23.1. The van der Waals surface area contributed by atoms with Crippen molar-refractivity contribution in [2.75, 3.05) is 22.9 Å². The Labute approximate surface area is 198 Å². The average Bonchev–Trinajstić information content (AvgIpc) is 3.03. The van der Waals surface area contributed by atoms with Gasteiger partial charge in [0.05, 0.1) is 0 Å². The van der Waals surface area contributed by atoms with Crippen molar-refractivity contribution in [1.82, 2.24) is 0 Å². The van der Waals surface area contributed by atoms with Gasteiger partial charge in [0.2, 0.25) is 0 Å². The molecule has 0 amide bonds. The van der Waals surface area contributed by atoms with E-state index in [4.69, 9.17) is 19.4 Å². The van der Waals surface area contributed by atoms with Gasteiger partial charge < -0.3 is 0 Å². The van der Waals surface area contributed by atoms with Crippen LogP contribution in [0.5, 0.6) is 0 Å². The summed E-state index contributed by atoms with van der Waals surface area (Å²) in [5.41, 5.74) is 11.3. The third-order valence-electron chi connectivity index (χ3n) is 5.54. The minimum absolute atomic E-state index is 0.873. The molecule has 5 heteroatoms. The first-order chi connectivity index (χ1) is 14.4. The molecule has 2 nitrogen and oxygen atoms in total. The first kappa shape index (κ1) is 24.4. The molecule has 31 heavy (non-hydrogen) atoms. The van der Waals surface area contributed by atoms with Crippen LogP contribution >= 0.6 is 19.4 Å². The number of allylic oxidation sites excluding steroid dienone is 2. The van der Waals surface area contributed by atoms with E-state index in [0.717, 1.165) is 17.4 Å². The number of halogens is 2. The number of nitrogens with zero attached hydrogens (tertiary/aromatic N) is 2. The molecular weight excluding hydrogens is 512 g/mol. The standard InChI is InChI=1S/C21H26N2.C5H8.2ClH.Ru/c1-14-9-16(3)20(17(4)10-14)22-7-8-23(13-22)21-18(5)11-15(2)12-19(21)6;1-4-5(2)3;;;/h9-12H,7-8H2,1-6H3;1,4H,2-3H3;2*1H;/q;;;;+2/p-2. The summed E-state index contributed by atoms with van der Waals surface area (Å²) in [6, 6.07) is 9.00. The fourth-order valence-corrected chi connectivity index (χ4v) is 10.1. The van der Waals surface area contributed by atoms with Crippen LogP contribution in [0.1, 0.15) is 47.2 Å². The molecule has 3 rings (SSSR count). The maximum atomic E-state index is 7.26. The molecule has 1 aliphatic rings. The van der Waals surface area contributed by atoms with E-state index < -0.39 is 11.9 Å². The van der Waals surface area contributed by atoms with Gasteiger partial charge in [-0.05, 0) is 0 Å². The van der Waals surface area contributed by atoms with Crippen LogP contribution < -0.4 is 9.80 Å². The quantitative estimate of drug-likeness (QED) is 0.377. The Hall–Kier alpha value is -1.28. The monoisotopic (exact) mass is 546 g/mol. The molecule has 0 atom stereocenters. The van der Waals surface area contributed by atoms with Crippen LogP contribution in [0.15, 0.2) is 35.9 Å². The number of aryl methyl sites for hydroxylation is 6. The Morgan fingerprint density at radius 1 is 0.742 bits per heavy atom. The van der Waals surface area contributed by atoms with E-state index in [-0.39, 0.29) is 0 Å². The van der Waals surface area contributed by atoms with Crippen LogP contribution in [0, 0.1) is 41.5 Å². The topological polar surface area (TPSA) is 6.48 Å². The first-order valence-electron chi connectivity index (χ1n) is 10.6. The third kappa shape index (κ3) is 5.05. The predicted octanol–water partition coefficient (Wildman–Crippen LogP) is 7.18. The predicted molar refractivity (Wildman–Crippen MR) is 138 cm³/mol. The molecular formula is C26H34Cl2N2Ru. The Kier molecular flexibility index (Phi) is 7.31. The SMILES string of the molecule is CC(C)=C[CH]=[Ru]([Cl])([Cl])=[C]1N(c2c(C)cc(C)cc2C)CCN1c1c(C)cc(C)cc1C. The van der Waals surface area contributed by atoms with Crippen LogP contribution in [0.25, 0.3) is 0 Å². The second-order valence-electron chi connectivity index (χ2n) is 8.86. The molecule has 1 fully saturated rings. The zero-order valence-electron chi connectivity index (χ0n) is 19.9. The summed E-state index contributed by atoms with van der Waals surface area (Å²) in [4.78, 5) is 4.79. The van der Waals surface area contributed by atoms with Gasteiger partial charge in [0, 0.05) is 0 Å². The van der Waals surface area contributed by atoms with Crippen molar-refractivity contribution in [1.29, 1.82) is 0 Å². The van der Waals surface area contributed by atoms with Crippen molar-refractivity contribution in [3.8, 4) is 0 Å². The van der Waals surface area contributed by atoms with Crippen molar-refractivity contribution in [3.63, 3.8) is 0 Å². The summed E-state index contributed by atoms with van der Waals surface area (Å²) in [5, 5.41) is 0. The number of rotatable bonds is 3. The Morgan fingerprint density at radius 3 is 1.42 bits per heavy atom. The third-order valence-corrected chi connectivity index (χ3v) is 11.0. The molecule has 0 unspecified atom stereocenters. The number of benzene rings is 2. The fraction of sp³-hybridized carbons (Fsp3) is 0.385. The Balaban J connectivity index is 2.35. The van der Waals surface area contributed by atoms with Gasteiger partial charge in [-0.25, -0.2) is 0 Å². The molecule has 0 aliphatic carbocycles. The van der Waals surface area contributed by atoms with Crippen molar-refractivity contribution in [2.24, 2.45) is 0 Å². The van der Waals surface area contributed by atoms with Crippen LogP contribution in [0.2, 0.25) is 0 Å². The van der Waals surface area contributed by atoms with E-state index in [1.165, 1.54) is 50.3 Å². The summed E-state index contributed by atoms with van der Waals surface area (Å²) in [7, 11) is 14.5. The van der Waals surface area contributed by atoms with E-state index in [9.17, 15) is 0 Å². The fourth-order valence-electron chi connectivity index (χ4n) is 4.62. The second-order valence-corrected chi connectivity index (χ2v) is 18.2. The Bertz CT molecular complexity index is 1060. The van der Waals surface area contributed by atoms with Crippen molar-refractivity contribution >= 4 is 39.7 Å². The summed E-state index contributed by atoms with van der Waals surface area (Å²) in [6.07, 6.45) is 2.08. The van der Waals surface area contributed by atoms with E-state index in [0.29, 0.717) is 0 Å². The summed E-state index contributed by atoms with van der Waals surface area (Å²) >= 11 is -3.33. The molecule has 1 saturated heterocycles. The minimum atomic E-state index is -3.33. The van der Waals surface area contributed by atoms with E-state index in [2.05, 4.69) is 100 Å². The van der Waals surface area contributed by atoms with Gasteiger partial charge in [-0.2, -0.15) is 0 Å². The molecule has 2 aromatic rings. The number of hydrogen-bond acceptors (Lipinski definition) is 2. The van der Waals surface area contributed by atoms with Gasteiger partial charge in [0.15, 0.2) is 0 Å². The Morgan fingerprint density at radius 2 is 1.10 bits per heavy atom. The van der Waals surface area contributed by atoms with Crippen LogP contribution in [0.4, 0.5) is 11.4 Å². The average molecular weight is 547 g/mol. The molecule has 1 aliphatic heterocycles. The molecule has 0 N–H and O–H groups in total. The van der Waals surface area contributed by atoms with Crippen LogP contribution in [0.3, 0.4) is 0 Å². The van der Waals surface area contributed by atoms with Gasteiger partial charge in [-0.15, -0.1) is 0 Å². The first-order valence-corrected chi connectivity index (χ1v) is 17.0. The molecule has 0 radical (unpaired) electrons. The second kappa shape index (κ2) is 9.30. The van der Waals surface area contributed by atoms with Crippen LogP contribution in [-0.4, -0.2) is 22.1 Å². The van der Waals surface area contributed by atoms with Crippen LogP contribution in [-0.2, 0) is 11.9 Å².